The molecule has 0 spiro atoms. The molecule has 9 nitrogen and oxygen atoms in total. The average molecular weight is 721 g/mol. The number of hydrogen-bond acceptors (Lipinski definition) is 9. The van der Waals surface area contributed by atoms with Gasteiger partial charge in [-0.15, -0.1) is 11.3 Å². The number of thiophene rings is 1. The molecule has 0 fully saturated rings. The number of hydrogen-bond donors (Lipinski definition) is 1. The van der Waals surface area contributed by atoms with Gasteiger partial charge < -0.3 is 28.2 Å². The second kappa shape index (κ2) is 20.3. The van der Waals surface area contributed by atoms with Gasteiger partial charge in [0.2, 0.25) is 11.2 Å². The zero-order valence-corrected chi connectivity index (χ0v) is 32.2. The minimum absolute atomic E-state index is 0.185. The summed E-state index contributed by atoms with van der Waals surface area (Å²) in [6, 6.07) is 7.37. The first kappa shape index (κ1) is 40.8. The van der Waals surface area contributed by atoms with E-state index in [9.17, 15) is 22.9 Å². The van der Waals surface area contributed by atoms with E-state index in [0.29, 0.717) is 35.7 Å². The van der Waals surface area contributed by atoms with Gasteiger partial charge in [0.05, 0.1) is 58.7 Å². The molecule has 0 bridgehead atoms. The second-order valence-corrected chi connectivity index (χ2v) is 16.3. The molecule has 2 aromatic heterocycles. The number of rotatable bonds is 25. The Balaban J connectivity index is 1.60. The van der Waals surface area contributed by atoms with Gasteiger partial charge in [0.1, 0.15) is 11.3 Å². The fraction of sp³-hybridized carbons (Fsp3) is 0.658. The van der Waals surface area contributed by atoms with Crippen molar-refractivity contribution in [1.29, 1.82) is 0 Å². The Kier molecular flexibility index (Phi) is 16.9. The van der Waals surface area contributed by atoms with Gasteiger partial charge in [-0.1, -0.05) is 58.3 Å². The summed E-state index contributed by atoms with van der Waals surface area (Å²) in [5, 5.41) is 12.2. The summed E-state index contributed by atoms with van der Waals surface area (Å²) in [4.78, 5) is 16.2. The highest BCUT2D eigenvalue weighted by molar-refractivity contribution is 7.85. The van der Waals surface area contributed by atoms with E-state index in [1.807, 2.05) is 25.1 Å². The molecule has 0 saturated carbocycles. The maximum atomic E-state index is 13.3. The SMILES string of the molecule is CCCCCCCCCCCC[N+](C)(CCCCS(=O)(=O)[O-])CCCOc1cc(C)c2oc(-c3ccc(N(CC)CC)s3)c(O)c(=O)c2c1. The number of aromatic hydroxyl groups is 1. The number of unbranched alkanes of at least 4 members (excludes halogenated alkanes) is 10. The lowest BCUT2D eigenvalue weighted by Crippen LogP contribution is -2.46. The summed E-state index contributed by atoms with van der Waals surface area (Å²) < 4.78 is 46.5. The van der Waals surface area contributed by atoms with Crippen molar-refractivity contribution in [3.05, 3.63) is 40.1 Å². The normalized spacial score (nSPS) is 13.2. The number of nitrogens with zero attached hydrogens (tertiary/aromatic N) is 2. The predicted molar refractivity (Wildman–Crippen MR) is 202 cm³/mol. The summed E-state index contributed by atoms with van der Waals surface area (Å²) >= 11 is 1.48. The Morgan fingerprint density at radius 3 is 2.08 bits per heavy atom. The van der Waals surface area contributed by atoms with Crippen LogP contribution in [0.25, 0.3) is 21.6 Å². The summed E-state index contributed by atoms with van der Waals surface area (Å²) in [7, 11) is -1.99. The Hall–Kier alpha value is -2.60. The van der Waals surface area contributed by atoms with Gasteiger partial charge in [-0.05, 0) is 76.3 Å². The molecule has 3 aromatic rings. The first-order valence-electron chi connectivity index (χ1n) is 18.5. The van der Waals surface area contributed by atoms with Crippen LogP contribution < -0.4 is 15.1 Å². The van der Waals surface area contributed by atoms with Crippen LogP contribution in [0.4, 0.5) is 5.00 Å². The first-order valence-corrected chi connectivity index (χ1v) is 20.9. The molecular weight excluding hydrogens is 661 g/mol. The highest BCUT2D eigenvalue weighted by Crippen LogP contribution is 2.39. The van der Waals surface area contributed by atoms with Crippen LogP contribution in [-0.4, -0.2) is 74.7 Å². The molecule has 0 aliphatic heterocycles. The van der Waals surface area contributed by atoms with Crippen molar-refractivity contribution >= 4 is 37.4 Å². The number of fused-ring (bicyclic) bond motifs is 1. The molecule has 3 rings (SSSR count). The molecule has 1 aromatic carbocycles. The van der Waals surface area contributed by atoms with E-state index in [0.717, 1.165) is 60.6 Å². The van der Waals surface area contributed by atoms with E-state index >= 15 is 0 Å². The lowest BCUT2D eigenvalue weighted by atomic mass is 10.1. The van der Waals surface area contributed by atoms with Crippen LogP contribution in [0.3, 0.4) is 0 Å². The second-order valence-electron chi connectivity index (χ2n) is 13.7. The summed E-state index contributed by atoms with van der Waals surface area (Å²) in [6.45, 7) is 13.1. The monoisotopic (exact) mass is 720 g/mol. The van der Waals surface area contributed by atoms with Crippen LogP contribution in [0.5, 0.6) is 11.5 Å². The van der Waals surface area contributed by atoms with Crippen LogP contribution in [0.15, 0.2) is 33.5 Å². The lowest BCUT2D eigenvalue weighted by molar-refractivity contribution is -0.910. The largest absolute Gasteiger partial charge is 0.748 e. The Bertz CT molecular complexity index is 1600. The first-order chi connectivity index (χ1) is 23.4. The maximum Gasteiger partial charge on any atom is 0.235 e. The molecule has 0 aliphatic carbocycles. The zero-order chi connectivity index (χ0) is 35.9. The van der Waals surface area contributed by atoms with Crippen molar-refractivity contribution in [3.63, 3.8) is 0 Å². The fourth-order valence-corrected chi connectivity index (χ4v) is 8.23. The summed E-state index contributed by atoms with van der Waals surface area (Å²) in [6.07, 6.45) is 14.6. The topological polar surface area (TPSA) is 120 Å². The molecule has 1 unspecified atom stereocenters. The zero-order valence-electron chi connectivity index (χ0n) is 30.6. The molecule has 11 heteroatoms. The Morgan fingerprint density at radius 1 is 0.878 bits per heavy atom. The highest BCUT2D eigenvalue weighted by Gasteiger charge is 2.22. The smallest absolute Gasteiger partial charge is 0.235 e. The molecule has 0 radical (unpaired) electrons. The van der Waals surface area contributed by atoms with Crippen molar-refractivity contribution in [2.75, 3.05) is 57.0 Å². The predicted octanol–water partition coefficient (Wildman–Crippen LogP) is 8.84. The molecule has 276 valence electrons. The molecule has 1 atom stereocenters. The van der Waals surface area contributed by atoms with Crippen LogP contribution in [0.1, 0.15) is 110 Å². The average Bonchev–Trinajstić information content (AvgIpc) is 3.54. The molecule has 1 N–H and O–H groups in total. The third-order valence-corrected chi connectivity index (χ3v) is 11.5. The van der Waals surface area contributed by atoms with E-state index < -0.39 is 21.3 Å². The Morgan fingerprint density at radius 2 is 1.47 bits per heavy atom. The van der Waals surface area contributed by atoms with Crippen molar-refractivity contribution in [3.8, 4) is 22.1 Å². The standard InChI is InChI=1S/C38H60N2O7S2/c1-6-9-10-11-12-13-14-15-16-17-23-40(5,24-18-19-27-49(43,44)45)25-20-26-46-31-28-30(4)37-32(29-31)35(41)36(42)38(47-37)33-21-22-34(48-33)39(7-2)8-3/h21-22,28-29H,6-20,23-27H2,1-5H3,(H-,42,43,44,45). The minimum atomic E-state index is -4.20. The van der Waals surface area contributed by atoms with Crippen LogP contribution in [0, 0.1) is 6.92 Å². The number of ether oxygens (including phenoxy) is 1. The van der Waals surface area contributed by atoms with Crippen LogP contribution in [-0.2, 0) is 10.1 Å². The molecule has 0 saturated heterocycles. The van der Waals surface area contributed by atoms with Gasteiger partial charge >= 0.3 is 0 Å². The lowest BCUT2D eigenvalue weighted by Gasteiger charge is -2.35. The van der Waals surface area contributed by atoms with Crippen LogP contribution in [0.2, 0.25) is 0 Å². The summed E-state index contributed by atoms with van der Waals surface area (Å²) in [5.41, 5.74) is 0.702. The van der Waals surface area contributed by atoms with Crippen molar-refractivity contribution in [2.24, 2.45) is 0 Å². The maximum absolute atomic E-state index is 13.3. The van der Waals surface area contributed by atoms with E-state index in [1.54, 1.807) is 6.07 Å². The molecule has 0 amide bonds. The van der Waals surface area contributed by atoms with Crippen molar-refractivity contribution in [1.82, 2.24) is 0 Å². The van der Waals surface area contributed by atoms with E-state index in [1.165, 1.54) is 69.1 Å². The third kappa shape index (κ3) is 13.2. The molecule has 49 heavy (non-hydrogen) atoms. The van der Waals surface area contributed by atoms with Crippen molar-refractivity contribution in [2.45, 2.75) is 111 Å². The quantitative estimate of drug-likeness (QED) is 0.0524. The molecule has 0 aliphatic rings. The molecule has 2 heterocycles. The third-order valence-electron chi connectivity index (χ3n) is 9.52. The Labute approximate surface area is 298 Å². The van der Waals surface area contributed by atoms with Gasteiger partial charge in [0.25, 0.3) is 0 Å². The minimum Gasteiger partial charge on any atom is -0.748 e. The number of quaternary nitrogens is 1. The van der Waals surface area contributed by atoms with Gasteiger partial charge in [0.15, 0.2) is 5.76 Å². The van der Waals surface area contributed by atoms with E-state index in [2.05, 4.69) is 32.7 Å². The van der Waals surface area contributed by atoms with E-state index in [-0.39, 0.29) is 16.9 Å². The van der Waals surface area contributed by atoms with Crippen molar-refractivity contribution < 1.29 is 31.7 Å². The molecular formula is C38H60N2O7S2. The number of anilines is 1. The van der Waals surface area contributed by atoms with Crippen LogP contribution >= 0.6 is 11.3 Å². The van der Waals surface area contributed by atoms with Gasteiger partial charge in [-0.25, -0.2) is 8.42 Å². The highest BCUT2D eigenvalue weighted by atomic mass is 32.2. The fourth-order valence-electron chi connectivity index (χ4n) is 6.56. The van der Waals surface area contributed by atoms with Gasteiger partial charge in [-0.2, -0.15) is 0 Å². The number of aryl methyl sites for hydroxylation is 1. The summed E-state index contributed by atoms with van der Waals surface area (Å²) in [5.74, 6) is 0.0199. The van der Waals surface area contributed by atoms with E-state index in [4.69, 9.17) is 9.15 Å². The van der Waals surface area contributed by atoms with Gasteiger partial charge in [-0.3, -0.25) is 4.79 Å². The van der Waals surface area contributed by atoms with Gasteiger partial charge in [0, 0.05) is 25.3 Å². The number of benzene rings is 1.